The fourth-order valence-corrected chi connectivity index (χ4v) is 3.82. The van der Waals surface area contributed by atoms with Gasteiger partial charge in [0.05, 0.1) is 0 Å². The lowest BCUT2D eigenvalue weighted by Crippen LogP contribution is -2.37. The van der Waals surface area contributed by atoms with E-state index in [2.05, 4.69) is 37.0 Å². The molecule has 1 aromatic carbocycles. The molecule has 126 valence electrons. The zero-order chi connectivity index (χ0) is 17.6. The first-order valence-electron chi connectivity index (χ1n) is 7.62. The number of hydrogen-bond donors (Lipinski definition) is 0. The quantitative estimate of drug-likeness (QED) is 0.681. The molecule has 3 rings (SSSR count). The number of benzene rings is 1. The maximum absolute atomic E-state index is 12.3. The molecule has 7 heteroatoms. The third kappa shape index (κ3) is 2.58. The maximum Gasteiger partial charge on any atom is 0.332 e. The summed E-state index contributed by atoms with van der Waals surface area (Å²) in [6, 6.07) is 6.37. The summed E-state index contributed by atoms with van der Waals surface area (Å²) < 4.78 is 4.37. The van der Waals surface area contributed by atoms with E-state index in [9.17, 15) is 9.59 Å². The fraction of sp³-hybridized carbons (Fsp3) is 0.353. The summed E-state index contributed by atoms with van der Waals surface area (Å²) in [5, 5.41) is 0.726. The molecule has 0 atom stereocenters. The van der Waals surface area contributed by atoms with Gasteiger partial charge in [0.15, 0.2) is 16.3 Å². The van der Waals surface area contributed by atoms with E-state index in [1.54, 1.807) is 18.8 Å². The van der Waals surface area contributed by atoms with Crippen molar-refractivity contribution in [2.24, 2.45) is 21.1 Å². The normalized spacial score (nSPS) is 11.4. The van der Waals surface area contributed by atoms with E-state index in [1.165, 1.54) is 28.3 Å². The van der Waals surface area contributed by atoms with Crippen molar-refractivity contribution in [3.8, 4) is 0 Å². The van der Waals surface area contributed by atoms with Crippen LogP contribution in [0.25, 0.3) is 11.2 Å². The number of rotatable bonds is 3. The van der Waals surface area contributed by atoms with Gasteiger partial charge >= 0.3 is 5.69 Å². The summed E-state index contributed by atoms with van der Waals surface area (Å²) >= 11 is 1.57. The second kappa shape index (κ2) is 5.98. The van der Waals surface area contributed by atoms with Crippen molar-refractivity contribution in [2.45, 2.75) is 24.8 Å². The molecule has 2 heterocycles. The Morgan fingerprint density at radius 3 is 2.46 bits per heavy atom. The number of thioether (sulfide) groups is 1. The van der Waals surface area contributed by atoms with Gasteiger partial charge in [-0.05, 0) is 25.0 Å². The van der Waals surface area contributed by atoms with Gasteiger partial charge in [-0.1, -0.05) is 35.5 Å². The van der Waals surface area contributed by atoms with Crippen molar-refractivity contribution in [1.29, 1.82) is 0 Å². The molecule has 0 unspecified atom stereocenters. The van der Waals surface area contributed by atoms with E-state index in [0.29, 0.717) is 11.2 Å². The monoisotopic (exact) mass is 344 g/mol. The lowest BCUT2D eigenvalue weighted by Gasteiger charge is -2.08. The first kappa shape index (κ1) is 16.6. The van der Waals surface area contributed by atoms with Crippen LogP contribution in [0.1, 0.15) is 16.7 Å². The Balaban J connectivity index is 2.05. The van der Waals surface area contributed by atoms with E-state index in [-0.39, 0.29) is 11.2 Å². The summed E-state index contributed by atoms with van der Waals surface area (Å²) in [5.74, 6) is 0.763. The van der Waals surface area contributed by atoms with Crippen molar-refractivity contribution in [3.63, 3.8) is 0 Å². The molecule has 0 saturated heterocycles. The van der Waals surface area contributed by atoms with Crippen molar-refractivity contribution in [1.82, 2.24) is 18.7 Å². The second-order valence-electron chi connectivity index (χ2n) is 6.05. The van der Waals surface area contributed by atoms with E-state index in [4.69, 9.17) is 0 Å². The number of imidazole rings is 1. The van der Waals surface area contributed by atoms with Gasteiger partial charge in [-0.2, -0.15) is 0 Å². The topological polar surface area (TPSA) is 61.8 Å². The lowest BCUT2D eigenvalue weighted by atomic mass is 10.1. The smallest absolute Gasteiger partial charge is 0.308 e. The van der Waals surface area contributed by atoms with Gasteiger partial charge < -0.3 is 4.57 Å². The van der Waals surface area contributed by atoms with E-state index < -0.39 is 0 Å². The molecule has 3 aromatic rings. The third-order valence-electron chi connectivity index (χ3n) is 4.28. The lowest BCUT2D eigenvalue weighted by molar-refractivity contribution is 0.690. The Hall–Kier alpha value is -2.28. The van der Waals surface area contributed by atoms with Gasteiger partial charge in [-0.25, -0.2) is 9.78 Å². The number of hydrogen-bond acceptors (Lipinski definition) is 4. The molecular weight excluding hydrogens is 324 g/mol. The van der Waals surface area contributed by atoms with Crippen LogP contribution in [0.2, 0.25) is 0 Å². The SMILES string of the molecule is Cc1ccc(C)c(CSc2nc3c(=O)n(C)c(=O)n(C)c3n2C)c1. The van der Waals surface area contributed by atoms with Crippen LogP contribution < -0.4 is 11.2 Å². The molecule has 0 bridgehead atoms. The molecule has 0 radical (unpaired) electrons. The highest BCUT2D eigenvalue weighted by atomic mass is 32.2. The third-order valence-corrected chi connectivity index (χ3v) is 5.36. The molecule has 0 aliphatic rings. The van der Waals surface area contributed by atoms with Gasteiger partial charge in [0, 0.05) is 26.9 Å². The molecule has 0 N–H and O–H groups in total. The fourth-order valence-electron chi connectivity index (χ4n) is 2.79. The largest absolute Gasteiger partial charge is 0.332 e. The van der Waals surface area contributed by atoms with Crippen LogP contribution >= 0.6 is 11.8 Å². The molecule has 0 aliphatic heterocycles. The zero-order valence-corrected chi connectivity index (χ0v) is 15.3. The summed E-state index contributed by atoms with van der Waals surface area (Å²) in [6.45, 7) is 4.16. The Kier molecular flexibility index (Phi) is 4.13. The predicted octanol–water partition coefficient (Wildman–Crippen LogP) is 1.88. The van der Waals surface area contributed by atoms with Crippen LogP contribution in [0.15, 0.2) is 32.9 Å². The summed E-state index contributed by atoms with van der Waals surface area (Å²) in [5.41, 5.74) is 3.86. The Morgan fingerprint density at radius 1 is 1.04 bits per heavy atom. The molecule has 0 fully saturated rings. The highest BCUT2D eigenvalue weighted by Crippen LogP contribution is 2.25. The highest BCUT2D eigenvalue weighted by molar-refractivity contribution is 7.98. The van der Waals surface area contributed by atoms with Crippen molar-refractivity contribution >= 4 is 22.9 Å². The van der Waals surface area contributed by atoms with Crippen molar-refractivity contribution < 1.29 is 0 Å². The van der Waals surface area contributed by atoms with Gasteiger partial charge in [0.25, 0.3) is 5.56 Å². The van der Waals surface area contributed by atoms with Gasteiger partial charge in [-0.15, -0.1) is 0 Å². The van der Waals surface area contributed by atoms with Gasteiger partial charge in [0.2, 0.25) is 0 Å². The van der Waals surface area contributed by atoms with Crippen LogP contribution in [0.3, 0.4) is 0 Å². The molecule has 0 aliphatic carbocycles. The Labute approximate surface area is 143 Å². The maximum atomic E-state index is 12.3. The second-order valence-corrected chi connectivity index (χ2v) is 6.99. The van der Waals surface area contributed by atoms with Crippen LogP contribution in [-0.4, -0.2) is 18.7 Å². The van der Waals surface area contributed by atoms with Gasteiger partial charge in [-0.3, -0.25) is 13.9 Å². The number of fused-ring (bicyclic) bond motifs is 1. The van der Waals surface area contributed by atoms with Crippen LogP contribution in [0.5, 0.6) is 0 Å². The first-order chi connectivity index (χ1) is 11.3. The minimum absolute atomic E-state index is 0.325. The number of aromatic nitrogens is 4. The zero-order valence-electron chi connectivity index (χ0n) is 14.5. The van der Waals surface area contributed by atoms with Crippen LogP contribution in [0, 0.1) is 13.8 Å². The first-order valence-corrected chi connectivity index (χ1v) is 8.61. The van der Waals surface area contributed by atoms with E-state index >= 15 is 0 Å². The predicted molar refractivity (Wildman–Crippen MR) is 96.7 cm³/mol. The van der Waals surface area contributed by atoms with Gasteiger partial charge in [0.1, 0.15) is 0 Å². The Morgan fingerprint density at radius 2 is 1.75 bits per heavy atom. The average molecular weight is 344 g/mol. The van der Waals surface area contributed by atoms with Crippen molar-refractivity contribution in [2.75, 3.05) is 0 Å². The van der Waals surface area contributed by atoms with E-state index in [0.717, 1.165) is 15.5 Å². The molecule has 0 saturated carbocycles. The molecular formula is C17H20N4O2S. The molecule has 0 spiro atoms. The van der Waals surface area contributed by atoms with E-state index in [1.807, 2.05) is 11.6 Å². The minimum atomic E-state index is -0.359. The number of nitrogens with zero attached hydrogens (tertiary/aromatic N) is 4. The molecule has 0 amide bonds. The average Bonchev–Trinajstić information content (AvgIpc) is 2.88. The van der Waals surface area contributed by atoms with Crippen molar-refractivity contribution in [3.05, 3.63) is 55.7 Å². The summed E-state index contributed by atoms with van der Waals surface area (Å²) in [7, 11) is 4.96. The summed E-state index contributed by atoms with van der Waals surface area (Å²) in [4.78, 5) is 28.9. The Bertz CT molecular complexity index is 1060. The van der Waals surface area contributed by atoms with Crippen LogP contribution in [-0.2, 0) is 26.9 Å². The molecule has 6 nitrogen and oxygen atoms in total. The molecule has 2 aromatic heterocycles. The standard InChI is InChI=1S/C17H20N4O2S/c1-10-6-7-11(2)12(8-10)9-24-16-18-13-14(19(16)3)20(4)17(23)21(5)15(13)22/h6-8H,9H2,1-5H3. The number of aryl methyl sites for hydroxylation is 4. The molecule has 24 heavy (non-hydrogen) atoms. The van der Waals surface area contributed by atoms with Crippen LogP contribution in [0.4, 0.5) is 0 Å². The highest BCUT2D eigenvalue weighted by Gasteiger charge is 2.17. The minimum Gasteiger partial charge on any atom is -0.308 e. The summed E-state index contributed by atoms with van der Waals surface area (Å²) in [6.07, 6.45) is 0.